The molecule has 0 aliphatic rings. The van der Waals surface area contributed by atoms with Crippen molar-refractivity contribution in [1.29, 1.82) is 0 Å². The van der Waals surface area contributed by atoms with Gasteiger partial charge in [0.05, 0.1) is 6.61 Å². The van der Waals surface area contributed by atoms with Crippen LogP contribution >= 0.6 is 0 Å². The maximum atomic E-state index is 5.25. The van der Waals surface area contributed by atoms with E-state index < -0.39 is 0 Å². The van der Waals surface area contributed by atoms with Crippen LogP contribution in [0.5, 0.6) is 5.88 Å². The van der Waals surface area contributed by atoms with E-state index in [4.69, 9.17) is 4.74 Å². The van der Waals surface area contributed by atoms with E-state index >= 15 is 0 Å². The fraction of sp³-hybridized carbons (Fsp3) is 0.455. The highest BCUT2D eigenvalue weighted by molar-refractivity contribution is 5.27. The highest BCUT2D eigenvalue weighted by atomic mass is 16.5. The lowest BCUT2D eigenvalue weighted by molar-refractivity contribution is 0.326. The first-order valence-corrected chi connectivity index (χ1v) is 4.96. The minimum Gasteiger partial charge on any atom is -0.478 e. The Kier molecular flexibility index (Phi) is 5.02. The summed E-state index contributed by atoms with van der Waals surface area (Å²) in [5.74, 6) is 6.97. The van der Waals surface area contributed by atoms with Gasteiger partial charge in [-0.15, -0.1) is 11.8 Å². The molecule has 0 fully saturated rings. The molecule has 0 saturated carbocycles. The number of nitrogens with one attached hydrogen (secondary N) is 1. The molecule has 1 aromatic rings. The number of rotatable bonds is 5. The monoisotopic (exact) mass is 205 g/mol. The summed E-state index contributed by atoms with van der Waals surface area (Å²) in [6.45, 7) is 5.10. The third-order valence-corrected chi connectivity index (χ3v) is 1.63. The first-order valence-electron chi connectivity index (χ1n) is 4.96. The first kappa shape index (κ1) is 11.3. The van der Waals surface area contributed by atoms with Gasteiger partial charge in [-0.2, -0.15) is 4.98 Å². The number of aromatic nitrogens is 2. The van der Waals surface area contributed by atoms with E-state index in [1.165, 1.54) is 0 Å². The quantitative estimate of drug-likeness (QED) is 0.587. The molecule has 0 unspecified atom stereocenters. The Morgan fingerprint density at radius 1 is 1.53 bits per heavy atom. The Balaban J connectivity index is 2.45. The molecule has 0 radical (unpaired) electrons. The van der Waals surface area contributed by atoms with Crippen molar-refractivity contribution >= 4 is 5.95 Å². The van der Waals surface area contributed by atoms with Crippen molar-refractivity contribution in [1.82, 2.24) is 9.97 Å². The van der Waals surface area contributed by atoms with Crippen LogP contribution in [0.15, 0.2) is 12.3 Å². The molecular formula is C11H15N3O. The van der Waals surface area contributed by atoms with Gasteiger partial charge >= 0.3 is 0 Å². The standard InChI is InChI=1S/C11H15N3O/c1-3-5-6-8-12-11-13-9-7-10(14-11)15-4-2/h7,9H,4,6,8H2,1-2H3,(H,12,13,14). The predicted molar refractivity (Wildman–Crippen MR) is 59.8 cm³/mol. The predicted octanol–water partition coefficient (Wildman–Crippen LogP) is 1.70. The minimum atomic E-state index is 0.582. The summed E-state index contributed by atoms with van der Waals surface area (Å²) in [4.78, 5) is 8.24. The molecule has 4 heteroatoms. The summed E-state index contributed by atoms with van der Waals surface area (Å²) in [6, 6.07) is 1.74. The lowest BCUT2D eigenvalue weighted by atomic mass is 10.4. The van der Waals surface area contributed by atoms with Gasteiger partial charge in [-0.1, -0.05) is 0 Å². The molecular weight excluding hydrogens is 190 g/mol. The molecule has 15 heavy (non-hydrogen) atoms. The fourth-order valence-corrected chi connectivity index (χ4v) is 1.02. The van der Waals surface area contributed by atoms with Crippen LogP contribution in [0.2, 0.25) is 0 Å². The van der Waals surface area contributed by atoms with Crippen LogP contribution in [0.25, 0.3) is 0 Å². The molecule has 0 amide bonds. The van der Waals surface area contributed by atoms with E-state index in [2.05, 4.69) is 27.1 Å². The molecule has 4 nitrogen and oxygen atoms in total. The van der Waals surface area contributed by atoms with E-state index in [0.717, 1.165) is 13.0 Å². The Morgan fingerprint density at radius 3 is 3.13 bits per heavy atom. The SMILES string of the molecule is CC#CCCNc1nccc(OCC)n1. The van der Waals surface area contributed by atoms with Crippen LogP contribution < -0.4 is 10.1 Å². The molecule has 0 aliphatic heterocycles. The zero-order valence-electron chi connectivity index (χ0n) is 9.08. The van der Waals surface area contributed by atoms with E-state index in [1.807, 2.05) is 13.8 Å². The molecule has 0 bridgehead atoms. The largest absolute Gasteiger partial charge is 0.478 e. The highest BCUT2D eigenvalue weighted by Gasteiger charge is 1.97. The third-order valence-electron chi connectivity index (χ3n) is 1.63. The zero-order valence-corrected chi connectivity index (χ0v) is 9.08. The molecule has 1 aromatic heterocycles. The van der Waals surface area contributed by atoms with Crippen molar-refractivity contribution in [2.24, 2.45) is 0 Å². The maximum Gasteiger partial charge on any atom is 0.225 e. The Labute approximate surface area is 90.1 Å². The Hall–Kier alpha value is -1.76. The molecule has 1 rings (SSSR count). The van der Waals surface area contributed by atoms with Crippen molar-refractivity contribution in [3.05, 3.63) is 12.3 Å². The van der Waals surface area contributed by atoms with Gasteiger partial charge < -0.3 is 10.1 Å². The maximum absolute atomic E-state index is 5.25. The second-order valence-corrected chi connectivity index (χ2v) is 2.76. The molecule has 0 spiro atoms. The van der Waals surface area contributed by atoms with Crippen LogP contribution in [-0.4, -0.2) is 23.1 Å². The second-order valence-electron chi connectivity index (χ2n) is 2.76. The lowest BCUT2D eigenvalue weighted by Crippen LogP contribution is -2.05. The van der Waals surface area contributed by atoms with Gasteiger partial charge in [-0.3, -0.25) is 0 Å². The van der Waals surface area contributed by atoms with Gasteiger partial charge in [0.25, 0.3) is 0 Å². The zero-order chi connectivity index (χ0) is 10.9. The van der Waals surface area contributed by atoms with Gasteiger partial charge in [-0.25, -0.2) is 4.98 Å². The summed E-state index contributed by atoms with van der Waals surface area (Å²) in [5, 5.41) is 3.07. The van der Waals surface area contributed by atoms with Crippen molar-refractivity contribution in [3.8, 4) is 17.7 Å². The first-order chi connectivity index (χ1) is 7.36. The summed E-state index contributed by atoms with van der Waals surface area (Å²) in [6.07, 6.45) is 2.46. The number of nitrogens with zero attached hydrogens (tertiary/aromatic N) is 2. The minimum absolute atomic E-state index is 0.582. The number of anilines is 1. The lowest BCUT2D eigenvalue weighted by Gasteiger charge is -2.04. The van der Waals surface area contributed by atoms with Gasteiger partial charge in [0.1, 0.15) is 0 Å². The number of hydrogen-bond acceptors (Lipinski definition) is 4. The molecule has 0 saturated heterocycles. The van der Waals surface area contributed by atoms with Crippen molar-refractivity contribution in [2.75, 3.05) is 18.5 Å². The van der Waals surface area contributed by atoms with E-state index in [1.54, 1.807) is 12.3 Å². The Bertz CT molecular complexity index is 354. The molecule has 1 heterocycles. The van der Waals surface area contributed by atoms with Crippen LogP contribution in [0.3, 0.4) is 0 Å². The van der Waals surface area contributed by atoms with Gasteiger partial charge in [-0.05, 0) is 13.8 Å². The fourth-order valence-electron chi connectivity index (χ4n) is 1.02. The summed E-state index contributed by atoms with van der Waals surface area (Å²) < 4.78 is 5.25. The van der Waals surface area contributed by atoms with Gasteiger partial charge in [0.15, 0.2) is 0 Å². The second kappa shape index (κ2) is 6.66. The van der Waals surface area contributed by atoms with Crippen LogP contribution in [0.4, 0.5) is 5.95 Å². The van der Waals surface area contributed by atoms with Gasteiger partial charge in [0.2, 0.25) is 11.8 Å². The normalized spacial score (nSPS) is 8.93. The number of ether oxygens (including phenoxy) is 1. The molecule has 80 valence electrons. The average Bonchev–Trinajstić information content (AvgIpc) is 2.26. The van der Waals surface area contributed by atoms with E-state index in [9.17, 15) is 0 Å². The summed E-state index contributed by atoms with van der Waals surface area (Å²) in [7, 11) is 0. The molecule has 0 atom stereocenters. The third kappa shape index (κ3) is 4.32. The molecule has 0 aliphatic carbocycles. The summed E-state index contributed by atoms with van der Waals surface area (Å²) in [5.41, 5.74) is 0. The van der Waals surface area contributed by atoms with Crippen LogP contribution in [-0.2, 0) is 0 Å². The van der Waals surface area contributed by atoms with Crippen LogP contribution in [0.1, 0.15) is 20.3 Å². The number of hydrogen-bond donors (Lipinski definition) is 1. The van der Waals surface area contributed by atoms with Gasteiger partial charge in [0, 0.05) is 25.2 Å². The topological polar surface area (TPSA) is 47.0 Å². The van der Waals surface area contributed by atoms with Crippen LogP contribution in [0, 0.1) is 11.8 Å². The Morgan fingerprint density at radius 2 is 2.40 bits per heavy atom. The average molecular weight is 205 g/mol. The molecule has 0 aromatic carbocycles. The smallest absolute Gasteiger partial charge is 0.225 e. The van der Waals surface area contributed by atoms with E-state index in [-0.39, 0.29) is 0 Å². The highest BCUT2D eigenvalue weighted by Crippen LogP contribution is 2.07. The molecule has 1 N–H and O–H groups in total. The van der Waals surface area contributed by atoms with E-state index in [0.29, 0.717) is 18.4 Å². The van der Waals surface area contributed by atoms with Crippen molar-refractivity contribution < 1.29 is 4.74 Å². The van der Waals surface area contributed by atoms with Crippen molar-refractivity contribution in [2.45, 2.75) is 20.3 Å². The summed E-state index contributed by atoms with van der Waals surface area (Å²) >= 11 is 0. The van der Waals surface area contributed by atoms with Crippen molar-refractivity contribution in [3.63, 3.8) is 0 Å².